The van der Waals surface area contributed by atoms with E-state index in [1.807, 2.05) is 44.4 Å². The molecular weight excluding hydrogens is 267 g/mol. The number of rotatable bonds is 3. The lowest BCUT2D eigenvalue weighted by Gasteiger charge is -2.18. The second-order valence-electron chi connectivity index (χ2n) is 4.17. The minimum Gasteiger partial charge on any atom is -0.376 e. The van der Waals surface area contributed by atoms with E-state index in [0.717, 1.165) is 17.1 Å². The summed E-state index contributed by atoms with van der Waals surface area (Å²) < 4.78 is 0. The largest absolute Gasteiger partial charge is 0.376 e. The molecule has 2 aromatic rings. The molecule has 0 fully saturated rings. The fourth-order valence-electron chi connectivity index (χ4n) is 1.70. The molecule has 0 atom stereocenters. The van der Waals surface area contributed by atoms with E-state index >= 15 is 0 Å². The van der Waals surface area contributed by atoms with Crippen LogP contribution in [0, 0.1) is 0 Å². The van der Waals surface area contributed by atoms with Crippen LogP contribution < -0.4 is 10.2 Å². The molecule has 2 rings (SSSR count). The predicted molar refractivity (Wildman–Crippen MR) is 80.5 cm³/mol. The maximum atomic E-state index is 6.00. The first-order valence-corrected chi connectivity index (χ1v) is 6.32. The van der Waals surface area contributed by atoms with Gasteiger partial charge >= 0.3 is 0 Å². The van der Waals surface area contributed by atoms with E-state index in [1.165, 1.54) is 0 Å². The molecule has 18 heavy (non-hydrogen) atoms. The van der Waals surface area contributed by atoms with Crippen LogP contribution in [0.5, 0.6) is 0 Å². The Labute approximate surface area is 117 Å². The molecule has 0 aromatic heterocycles. The Morgan fingerprint density at radius 1 is 0.944 bits per heavy atom. The molecule has 2 aromatic carbocycles. The van der Waals surface area contributed by atoms with E-state index in [2.05, 4.69) is 16.3 Å². The predicted octanol–water partition coefficient (Wildman–Crippen LogP) is 4.80. The lowest BCUT2D eigenvalue weighted by molar-refractivity contribution is 1.13. The Kier molecular flexibility index (Phi) is 4.00. The Balaban J connectivity index is 2.31. The van der Waals surface area contributed by atoms with E-state index in [4.69, 9.17) is 23.2 Å². The molecule has 0 spiro atoms. The summed E-state index contributed by atoms with van der Waals surface area (Å²) in [6.07, 6.45) is 0. The van der Waals surface area contributed by atoms with E-state index in [-0.39, 0.29) is 0 Å². The average molecular weight is 281 g/mol. The summed E-state index contributed by atoms with van der Waals surface area (Å²) in [4.78, 5) is 2.06. The maximum Gasteiger partial charge on any atom is 0.0621 e. The zero-order valence-electron chi connectivity index (χ0n) is 10.2. The Hall–Kier alpha value is -1.38. The summed E-state index contributed by atoms with van der Waals surface area (Å²) in [6.45, 7) is 0. The van der Waals surface area contributed by atoms with Gasteiger partial charge in [0.15, 0.2) is 0 Å². The first-order chi connectivity index (χ1) is 8.58. The smallest absolute Gasteiger partial charge is 0.0621 e. The van der Waals surface area contributed by atoms with Crippen molar-refractivity contribution in [1.82, 2.24) is 0 Å². The van der Waals surface area contributed by atoms with Gasteiger partial charge in [0.05, 0.1) is 21.4 Å². The number of nitrogens with zero attached hydrogens (tertiary/aromatic N) is 1. The molecule has 0 amide bonds. The molecule has 0 bridgehead atoms. The van der Waals surface area contributed by atoms with Crippen LogP contribution in [0.15, 0.2) is 42.5 Å². The van der Waals surface area contributed by atoms with E-state index in [9.17, 15) is 0 Å². The second-order valence-corrected chi connectivity index (χ2v) is 4.98. The number of hydrogen-bond acceptors (Lipinski definition) is 2. The monoisotopic (exact) mass is 280 g/mol. The minimum absolute atomic E-state index is 0.545. The van der Waals surface area contributed by atoms with Crippen LogP contribution >= 0.6 is 23.2 Å². The van der Waals surface area contributed by atoms with Gasteiger partial charge in [0, 0.05) is 19.8 Å². The van der Waals surface area contributed by atoms with Crippen molar-refractivity contribution in [2.24, 2.45) is 0 Å². The normalized spacial score (nSPS) is 10.2. The highest BCUT2D eigenvalue weighted by Crippen LogP contribution is 2.30. The van der Waals surface area contributed by atoms with Crippen LogP contribution in [0.1, 0.15) is 0 Å². The summed E-state index contributed by atoms with van der Waals surface area (Å²) in [5.41, 5.74) is 3.06. The maximum absolute atomic E-state index is 6.00. The van der Waals surface area contributed by atoms with Gasteiger partial charge in [-0.25, -0.2) is 0 Å². The number of benzene rings is 2. The quantitative estimate of drug-likeness (QED) is 0.869. The van der Waals surface area contributed by atoms with Crippen LogP contribution in [0.3, 0.4) is 0 Å². The molecule has 1 N–H and O–H groups in total. The lowest BCUT2D eigenvalue weighted by atomic mass is 10.2. The second kappa shape index (κ2) is 5.51. The first kappa shape index (κ1) is 13.1. The Bertz CT molecular complexity index is 553. The summed E-state index contributed by atoms with van der Waals surface area (Å²) in [5, 5.41) is 4.44. The number of halogens is 2. The molecule has 0 aliphatic heterocycles. The molecular formula is C14H14Cl2N2. The van der Waals surface area contributed by atoms with Crippen molar-refractivity contribution in [3.05, 3.63) is 52.5 Å². The van der Waals surface area contributed by atoms with Crippen molar-refractivity contribution >= 4 is 40.3 Å². The molecule has 0 unspecified atom stereocenters. The summed E-state index contributed by atoms with van der Waals surface area (Å²) >= 11 is 11.9. The van der Waals surface area contributed by atoms with Gasteiger partial charge in [0.25, 0.3) is 0 Å². The van der Waals surface area contributed by atoms with Crippen LogP contribution in [-0.4, -0.2) is 14.1 Å². The molecule has 4 heteroatoms. The van der Waals surface area contributed by atoms with E-state index < -0.39 is 0 Å². The Morgan fingerprint density at radius 3 is 2.33 bits per heavy atom. The van der Waals surface area contributed by atoms with E-state index in [0.29, 0.717) is 10.0 Å². The first-order valence-electron chi connectivity index (χ1n) is 5.56. The number of para-hydroxylation sites is 2. The zero-order chi connectivity index (χ0) is 13.1. The van der Waals surface area contributed by atoms with Gasteiger partial charge in [0.2, 0.25) is 0 Å². The fraction of sp³-hybridized carbons (Fsp3) is 0.143. The SMILES string of the molecule is CN(C)c1ccccc1Nc1ccc(Cl)c(Cl)c1. The van der Waals surface area contributed by atoms with Crippen LogP contribution in [0.4, 0.5) is 17.1 Å². The van der Waals surface area contributed by atoms with Crippen LogP contribution in [0.2, 0.25) is 10.0 Å². The highest BCUT2D eigenvalue weighted by molar-refractivity contribution is 6.42. The summed E-state index contributed by atoms with van der Waals surface area (Å²) in [6, 6.07) is 13.6. The summed E-state index contributed by atoms with van der Waals surface area (Å²) in [5.74, 6) is 0. The van der Waals surface area contributed by atoms with Crippen LogP contribution in [-0.2, 0) is 0 Å². The third kappa shape index (κ3) is 2.89. The lowest BCUT2D eigenvalue weighted by Crippen LogP contribution is -2.10. The van der Waals surface area contributed by atoms with Crippen molar-refractivity contribution in [3.8, 4) is 0 Å². The highest BCUT2D eigenvalue weighted by atomic mass is 35.5. The molecule has 2 nitrogen and oxygen atoms in total. The van der Waals surface area contributed by atoms with Crippen molar-refractivity contribution in [2.75, 3.05) is 24.3 Å². The molecule has 0 saturated carbocycles. The molecule has 0 radical (unpaired) electrons. The van der Waals surface area contributed by atoms with Crippen molar-refractivity contribution in [2.45, 2.75) is 0 Å². The van der Waals surface area contributed by atoms with Gasteiger partial charge in [-0.3, -0.25) is 0 Å². The highest BCUT2D eigenvalue weighted by Gasteiger charge is 2.05. The molecule has 0 aliphatic carbocycles. The Morgan fingerprint density at radius 2 is 1.67 bits per heavy atom. The number of nitrogens with one attached hydrogen (secondary N) is 1. The fourth-order valence-corrected chi connectivity index (χ4v) is 2.00. The number of anilines is 3. The minimum atomic E-state index is 0.545. The standard InChI is InChI=1S/C14H14Cl2N2/c1-18(2)14-6-4-3-5-13(14)17-10-7-8-11(15)12(16)9-10/h3-9,17H,1-2H3. The van der Waals surface area contributed by atoms with Crippen molar-refractivity contribution in [3.63, 3.8) is 0 Å². The third-order valence-electron chi connectivity index (χ3n) is 2.58. The van der Waals surface area contributed by atoms with Gasteiger partial charge in [-0.2, -0.15) is 0 Å². The average Bonchev–Trinajstić information content (AvgIpc) is 2.34. The van der Waals surface area contributed by atoms with Gasteiger partial charge in [0.1, 0.15) is 0 Å². The molecule has 0 saturated heterocycles. The van der Waals surface area contributed by atoms with Crippen molar-refractivity contribution in [1.29, 1.82) is 0 Å². The molecule has 94 valence electrons. The third-order valence-corrected chi connectivity index (χ3v) is 3.32. The molecule has 0 heterocycles. The number of hydrogen-bond donors (Lipinski definition) is 1. The van der Waals surface area contributed by atoms with Gasteiger partial charge in [-0.1, -0.05) is 35.3 Å². The van der Waals surface area contributed by atoms with Gasteiger partial charge in [-0.05, 0) is 30.3 Å². The van der Waals surface area contributed by atoms with Gasteiger partial charge < -0.3 is 10.2 Å². The zero-order valence-corrected chi connectivity index (χ0v) is 11.8. The van der Waals surface area contributed by atoms with Crippen molar-refractivity contribution < 1.29 is 0 Å². The summed E-state index contributed by atoms with van der Waals surface area (Å²) in [7, 11) is 4.02. The van der Waals surface area contributed by atoms with E-state index in [1.54, 1.807) is 6.07 Å². The van der Waals surface area contributed by atoms with Crippen LogP contribution in [0.25, 0.3) is 0 Å². The topological polar surface area (TPSA) is 15.3 Å². The molecule has 0 aliphatic rings. The van der Waals surface area contributed by atoms with Gasteiger partial charge in [-0.15, -0.1) is 0 Å².